The maximum absolute atomic E-state index is 12.0. The van der Waals surface area contributed by atoms with Gasteiger partial charge in [0.05, 0.1) is 11.3 Å². The van der Waals surface area contributed by atoms with Crippen LogP contribution >= 0.6 is 0 Å². The summed E-state index contributed by atoms with van der Waals surface area (Å²) in [4.78, 5) is 23.7. The highest BCUT2D eigenvalue weighted by atomic mass is 32.2. The molecule has 2 aromatic carbocycles. The molecular weight excluding hydrogens is 368 g/mol. The molecule has 0 heterocycles. The number of benzene rings is 2. The summed E-state index contributed by atoms with van der Waals surface area (Å²) < 4.78 is 31.2. The molecule has 0 unspecified atom stereocenters. The van der Waals surface area contributed by atoms with Gasteiger partial charge < -0.3 is 10.1 Å². The quantitative estimate of drug-likeness (QED) is 0.673. The first-order chi connectivity index (χ1) is 12.8. The highest BCUT2D eigenvalue weighted by Crippen LogP contribution is 2.15. The van der Waals surface area contributed by atoms with Gasteiger partial charge in [0.2, 0.25) is 10.0 Å². The normalized spacial score (nSPS) is 11.0. The minimum Gasteiger partial charge on any atom is -0.456 e. The number of ether oxygens (including phenoxy) is 1. The third-order valence-corrected chi connectivity index (χ3v) is 5.17. The molecule has 0 fully saturated rings. The molecule has 27 heavy (non-hydrogen) atoms. The predicted molar refractivity (Wildman–Crippen MR) is 102 cm³/mol. The van der Waals surface area contributed by atoms with E-state index in [0.29, 0.717) is 5.69 Å². The van der Waals surface area contributed by atoms with Crippen molar-refractivity contribution in [2.75, 3.05) is 18.5 Å². The SMILES string of the molecule is Cc1ccc(NC(=O)COC(=O)CCNS(=O)(=O)c2ccccc2)c(C)c1. The number of rotatable bonds is 8. The average Bonchev–Trinajstić information content (AvgIpc) is 2.63. The molecule has 0 radical (unpaired) electrons. The average molecular weight is 390 g/mol. The fourth-order valence-electron chi connectivity index (χ4n) is 2.33. The van der Waals surface area contributed by atoms with Crippen LogP contribution in [0.3, 0.4) is 0 Å². The molecule has 0 aromatic heterocycles. The molecule has 0 aliphatic rings. The van der Waals surface area contributed by atoms with Gasteiger partial charge in [-0.15, -0.1) is 0 Å². The molecule has 8 heteroatoms. The second kappa shape index (κ2) is 9.29. The van der Waals surface area contributed by atoms with E-state index in [4.69, 9.17) is 4.74 Å². The summed E-state index contributed by atoms with van der Waals surface area (Å²) in [6.45, 7) is 3.27. The molecule has 0 spiro atoms. The van der Waals surface area contributed by atoms with E-state index in [-0.39, 0.29) is 17.9 Å². The van der Waals surface area contributed by atoms with E-state index in [2.05, 4.69) is 10.0 Å². The maximum Gasteiger partial charge on any atom is 0.307 e. The highest BCUT2D eigenvalue weighted by Gasteiger charge is 2.14. The maximum atomic E-state index is 12.0. The van der Waals surface area contributed by atoms with Crippen molar-refractivity contribution in [3.63, 3.8) is 0 Å². The van der Waals surface area contributed by atoms with E-state index in [9.17, 15) is 18.0 Å². The number of carbonyl (C=O) groups excluding carboxylic acids is 2. The minimum absolute atomic E-state index is 0.116. The third-order valence-electron chi connectivity index (χ3n) is 3.69. The van der Waals surface area contributed by atoms with Gasteiger partial charge in [-0.2, -0.15) is 0 Å². The van der Waals surface area contributed by atoms with E-state index in [1.807, 2.05) is 26.0 Å². The number of hydrogen-bond acceptors (Lipinski definition) is 5. The lowest BCUT2D eigenvalue weighted by molar-refractivity contribution is -0.147. The molecule has 0 bridgehead atoms. The molecule has 2 N–H and O–H groups in total. The summed E-state index contributed by atoms with van der Waals surface area (Å²) in [6, 6.07) is 13.4. The summed E-state index contributed by atoms with van der Waals surface area (Å²) in [5, 5.41) is 2.67. The lowest BCUT2D eigenvalue weighted by atomic mass is 10.1. The number of esters is 1. The third kappa shape index (κ3) is 6.50. The standard InChI is InChI=1S/C19H22N2O5S/c1-14-8-9-17(15(2)12-14)21-18(22)13-26-19(23)10-11-20-27(24,25)16-6-4-3-5-7-16/h3-9,12,20H,10-11,13H2,1-2H3,(H,21,22). The monoisotopic (exact) mass is 390 g/mol. The first-order valence-electron chi connectivity index (χ1n) is 8.35. The number of sulfonamides is 1. The molecule has 1 amide bonds. The topological polar surface area (TPSA) is 102 Å². The van der Waals surface area contributed by atoms with Gasteiger partial charge in [0.15, 0.2) is 6.61 Å². The molecule has 0 atom stereocenters. The van der Waals surface area contributed by atoms with Crippen molar-refractivity contribution in [1.29, 1.82) is 0 Å². The first-order valence-corrected chi connectivity index (χ1v) is 9.84. The summed E-state index contributed by atoms with van der Waals surface area (Å²) >= 11 is 0. The Labute approximate surface area is 158 Å². The number of aryl methyl sites for hydroxylation is 2. The van der Waals surface area contributed by atoms with Gasteiger partial charge in [-0.3, -0.25) is 9.59 Å². The van der Waals surface area contributed by atoms with E-state index in [0.717, 1.165) is 11.1 Å². The first kappa shape index (κ1) is 20.6. The highest BCUT2D eigenvalue weighted by molar-refractivity contribution is 7.89. The molecule has 0 aliphatic carbocycles. The fourth-order valence-corrected chi connectivity index (χ4v) is 3.38. The zero-order valence-electron chi connectivity index (χ0n) is 15.2. The lowest BCUT2D eigenvalue weighted by Crippen LogP contribution is -2.28. The van der Waals surface area contributed by atoms with Gasteiger partial charge in [0.1, 0.15) is 0 Å². The molecule has 2 rings (SSSR count). The van der Waals surface area contributed by atoms with Crippen molar-refractivity contribution >= 4 is 27.6 Å². The van der Waals surface area contributed by atoms with Crippen LogP contribution in [0.5, 0.6) is 0 Å². The van der Waals surface area contributed by atoms with Crippen LogP contribution in [0.4, 0.5) is 5.69 Å². The van der Waals surface area contributed by atoms with E-state index >= 15 is 0 Å². The van der Waals surface area contributed by atoms with Gasteiger partial charge in [-0.1, -0.05) is 35.9 Å². The number of amides is 1. The lowest BCUT2D eigenvalue weighted by Gasteiger charge is -2.10. The largest absolute Gasteiger partial charge is 0.456 e. The molecular formula is C19H22N2O5S. The Morgan fingerprint density at radius 2 is 1.74 bits per heavy atom. The summed E-state index contributed by atoms with van der Waals surface area (Å²) in [7, 11) is -3.67. The van der Waals surface area contributed by atoms with Crippen molar-refractivity contribution in [3.8, 4) is 0 Å². The zero-order valence-corrected chi connectivity index (χ0v) is 16.0. The summed E-state index contributed by atoms with van der Waals surface area (Å²) in [6.07, 6.45) is -0.178. The van der Waals surface area contributed by atoms with Gasteiger partial charge >= 0.3 is 5.97 Å². The van der Waals surface area contributed by atoms with Gasteiger partial charge in [0, 0.05) is 12.2 Å². The van der Waals surface area contributed by atoms with E-state index in [1.165, 1.54) is 12.1 Å². The van der Waals surface area contributed by atoms with Gasteiger partial charge in [0.25, 0.3) is 5.91 Å². The Bertz CT molecular complexity index is 911. The Kier molecular flexibility index (Phi) is 7.09. The number of carbonyl (C=O) groups is 2. The Balaban J connectivity index is 1.73. The van der Waals surface area contributed by atoms with Crippen molar-refractivity contribution in [3.05, 3.63) is 59.7 Å². The molecule has 0 saturated heterocycles. The molecule has 0 saturated carbocycles. The van der Waals surface area contributed by atoms with Gasteiger partial charge in [-0.05, 0) is 37.6 Å². The predicted octanol–water partition coefficient (Wildman–Crippen LogP) is 2.15. The van der Waals surface area contributed by atoms with Crippen LogP contribution in [0.15, 0.2) is 53.4 Å². The van der Waals surface area contributed by atoms with E-state index in [1.54, 1.807) is 24.3 Å². The molecule has 144 valence electrons. The number of hydrogen-bond donors (Lipinski definition) is 2. The number of nitrogens with one attached hydrogen (secondary N) is 2. The molecule has 7 nitrogen and oxygen atoms in total. The van der Waals surface area contributed by atoms with Crippen molar-refractivity contribution in [2.45, 2.75) is 25.2 Å². The second-order valence-electron chi connectivity index (χ2n) is 5.99. The fraction of sp³-hybridized carbons (Fsp3) is 0.263. The Morgan fingerprint density at radius 3 is 2.41 bits per heavy atom. The second-order valence-corrected chi connectivity index (χ2v) is 7.76. The Morgan fingerprint density at radius 1 is 1.04 bits per heavy atom. The minimum atomic E-state index is -3.67. The van der Waals surface area contributed by atoms with Crippen LogP contribution < -0.4 is 10.0 Å². The summed E-state index contributed by atoms with van der Waals surface area (Å²) in [5.41, 5.74) is 2.64. The van der Waals surface area contributed by atoms with Crippen LogP contribution in [-0.4, -0.2) is 33.4 Å². The van der Waals surface area contributed by atoms with Gasteiger partial charge in [-0.25, -0.2) is 13.1 Å². The van der Waals surface area contributed by atoms with Crippen LogP contribution in [0.1, 0.15) is 17.5 Å². The number of anilines is 1. The van der Waals surface area contributed by atoms with E-state index < -0.39 is 28.5 Å². The molecule has 2 aromatic rings. The van der Waals surface area contributed by atoms with Crippen LogP contribution in [-0.2, 0) is 24.3 Å². The Hall–Kier alpha value is -2.71. The van der Waals surface area contributed by atoms with Crippen LogP contribution in [0.2, 0.25) is 0 Å². The van der Waals surface area contributed by atoms with Crippen LogP contribution in [0, 0.1) is 13.8 Å². The molecule has 0 aliphatic heterocycles. The van der Waals surface area contributed by atoms with Crippen molar-refractivity contribution < 1.29 is 22.7 Å². The zero-order chi connectivity index (χ0) is 19.9. The van der Waals surface area contributed by atoms with Crippen LogP contribution in [0.25, 0.3) is 0 Å². The van der Waals surface area contributed by atoms with Crippen molar-refractivity contribution in [1.82, 2.24) is 4.72 Å². The smallest absolute Gasteiger partial charge is 0.307 e. The summed E-state index contributed by atoms with van der Waals surface area (Å²) in [5.74, 6) is -1.12. The van der Waals surface area contributed by atoms with Crippen molar-refractivity contribution in [2.24, 2.45) is 0 Å².